The Kier molecular flexibility index (Phi) is 6.86. The van der Waals surface area contributed by atoms with Gasteiger partial charge < -0.3 is 9.30 Å². The van der Waals surface area contributed by atoms with Crippen molar-refractivity contribution in [1.82, 2.24) is 14.8 Å². The summed E-state index contributed by atoms with van der Waals surface area (Å²) in [5.41, 5.74) is 1.51. The van der Waals surface area contributed by atoms with E-state index in [0.717, 1.165) is 5.56 Å². The predicted octanol–water partition coefficient (Wildman–Crippen LogP) is 6.48. The Balaban J connectivity index is 1.78. The first kappa shape index (κ1) is 21.0. The summed E-state index contributed by atoms with van der Waals surface area (Å²) in [6.07, 6.45) is -0.349. The molecular weight excluding hydrogens is 420 g/mol. The van der Waals surface area contributed by atoms with Gasteiger partial charge in [0.25, 0.3) is 0 Å². The quantitative estimate of drug-likeness (QED) is 0.394. The van der Waals surface area contributed by atoms with Crippen LogP contribution in [0.4, 0.5) is 4.39 Å². The summed E-state index contributed by atoms with van der Waals surface area (Å²) in [6, 6.07) is 10.3. The lowest BCUT2D eigenvalue weighted by atomic mass is 10.2. The highest BCUT2D eigenvalue weighted by atomic mass is 35.5. The predicted molar refractivity (Wildman–Crippen MR) is 112 cm³/mol. The van der Waals surface area contributed by atoms with E-state index < -0.39 is 0 Å². The Morgan fingerprint density at radius 3 is 2.68 bits per heavy atom. The van der Waals surface area contributed by atoms with Gasteiger partial charge in [-0.05, 0) is 50.6 Å². The Labute approximate surface area is 178 Å². The number of rotatable bonds is 7. The molecule has 2 aromatic carbocycles. The van der Waals surface area contributed by atoms with Crippen molar-refractivity contribution < 1.29 is 9.13 Å². The molecule has 1 aromatic heterocycles. The molecule has 0 saturated carbocycles. The Morgan fingerprint density at radius 2 is 1.96 bits per heavy atom. The smallest absolute Gasteiger partial charge is 0.191 e. The van der Waals surface area contributed by atoms with Crippen molar-refractivity contribution in [2.45, 2.75) is 44.3 Å². The van der Waals surface area contributed by atoms with Gasteiger partial charge in [0.2, 0.25) is 0 Å². The molecular formula is C20H20Cl2FN3OS. The van der Waals surface area contributed by atoms with Crippen LogP contribution in [0.5, 0.6) is 5.75 Å². The van der Waals surface area contributed by atoms with E-state index in [1.54, 1.807) is 12.1 Å². The molecule has 8 heteroatoms. The van der Waals surface area contributed by atoms with Gasteiger partial charge in [-0.15, -0.1) is 10.2 Å². The lowest BCUT2D eigenvalue weighted by Crippen LogP contribution is -2.12. The zero-order valence-corrected chi connectivity index (χ0v) is 18.1. The van der Waals surface area contributed by atoms with E-state index in [-0.39, 0.29) is 11.9 Å². The van der Waals surface area contributed by atoms with Crippen LogP contribution in [0.3, 0.4) is 0 Å². The molecule has 0 saturated heterocycles. The van der Waals surface area contributed by atoms with Crippen LogP contribution in [0.15, 0.2) is 41.6 Å². The van der Waals surface area contributed by atoms with E-state index in [2.05, 4.69) is 10.2 Å². The zero-order chi connectivity index (χ0) is 20.3. The molecule has 28 heavy (non-hydrogen) atoms. The normalized spacial score (nSPS) is 12.2. The molecule has 0 fully saturated rings. The van der Waals surface area contributed by atoms with Crippen molar-refractivity contribution in [3.05, 3.63) is 69.2 Å². The van der Waals surface area contributed by atoms with Crippen molar-refractivity contribution in [2.75, 3.05) is 0 Å². The number of hydrogen-bond acceptors (Lipinski definition) is 4. The van der Waals surface area contributed by atoms with E-state index in [9.17, 15) is 4.39 Å². The highest BCUT2D eigenvalue weighted by Crippen LogP contribution is 2.32. The maximum Gasteiger partial charge on any atom is 0.191 e. The van der Waals surface area contributed by atoms with Crippen molar-refractivity contribution in [1.29, 1.82) is 0 Å². The maximum atomic E-state index is 14.0. The largest absolute Gasteiger partial charge is 0.481 e. The minimum atomic E-state index is -0.349. The highest BCUT2D eigenvalue weighted by molar-refractivity contribution is 7.98. The molecule has 0 N–H and O–H groups in total. The molecule has 0 radical (unpaired) electrons. The third-order valence-corrected chi connectivity index (χ3v) is 5.88. The second-order valence-corrected chi connectivity index (χ2v) is 8.02. The van der Waals surface area contributed by atoms with Gasteiger partial charge in [-0.1, -0.05) is 47.1 Å². The van der Waals surface area contributed by atoms with E-state index in [4.69, 9.17) is 27.9 Å². The summed E-state index contributed by atoms with van der Waals surface area (Å²) in [5.74, 6) is 1.32. The maximum absolute atomic E-state index is 14.0. The lowest BCUT2D eigenvalue weighted by molar-refractivity contribution is 0.210. The molecule has 4 nitrogen and oxygen atoms in total. The first-order chi connectivity index (χ1) is 13.4. The van der Waals surface area contributed by atoms with Crippen LogP contribution in [-0.4, -0.2) is 14.8 Å². The number of aromatic nitrogens is 3. The Morgan fingerprint density at radius 1 is 1.18 bits per heavy atom. The summed E-state index contributed by atoms with van der Waals surface area (Å²) < 4.78 is 22.0. The van der Waals surface area contributed by atoms with Crippen LogP contribution in [0.2, 0.25) is 10.0 Å². The van der Waals surface area contributed by atoms with Gasteiger partial charge in [-0.25, -0.2) is 4.39 Å². The summed E-state index contributed by atoms with van der Waals surface area (Å²) >= 11 is 13.7. The van der Waals surface area contributed by atoms with Gasteiger partial charge in [0.1, 0.15) is 11.6 Å². The first-order valence-corrected chi connectivity index (χ1v) is 10.6. The zero-order valence-electron chi connectivity index (χ0n) is 15.7. The van der Waals surface area contributed by atoms with Gasteiger partial charge >= 0.3 is 0 Å². The second kappa shape index (κ2) is 9.16. The highest BCUT2D eigenvalue weighted by Gasteiger charge is 2.20. The minimum absolute atomic E-state index is 0.325. The summed E-state index contributed by atoms with van der Waals surface area (Å²) in [4.78, 5) is 0. The van der Waals surface area contributed by atoms with Crippen LogP contribution >= 0.6 is 35.0 Å². The molecule has 3 rings (SSSR count). The summed E-state index contributed by atoms with van der Waals surface area (Å²) in [6.45, 7) is 6.53. The second-order valence-electron chi connectivity index (χ2n) is 6.27. The lowest BCUT2D eigenvalue weighted by Gasteiger charge is -2.17. The van der Waals surface area contributed by atoms with Crippen molar-refractivity contribution in [3.63, 3.8) is 0 Å². The van der Waals surface area contributed by atoms with E-state index in [0.29, 0.717) is 44.6 Å². The standard InChI is InChI=1S/C20H20Cl2FN3OS/c1-4-26-19(13(3)27-18-10-12(2)8-9-16(18)22)24-25-20(26)28-11-14-15(21)6-5-7-17(14)23/h5-10,13H,4,11H2,1-3H3. The molecule has 148 valence electrons. The fourth-order valence-electron chi connectivity index (χ4n) is 2.76. The number of nitrogens with zero attached hydrogens (tertiary/aromatic N) is 3. The number of thioether (sulfide) groups is 1. The van der Waals surface area contributed by atoms with Gasteiger partial charge in [0.15, 0.2) is 17.1 Å². The van der Waals surface area contributed by atoms with Crippen LogP contribution in [-0.2, 0) is 12.3 Å². The van der Waals surface area contributed by atoms with Crippen molar-refractivity contribution in [3.8, 4) is 5.75 Å². The number of aryl methyl sites for hydroxylation is 1. The fourth-order valence-corrected chi connectivity index (χ4v) is 4.27. The van der Waals surface area contributed by atoms with Gasteiger partial charge in [0.05, 0.1) is 5.02 Å². The number of halogens is 3. The van der Waals surface area contributed by atoms with Crippen LogP contribution in [0.1, 0.15) is 36.9 Å². The van der Waals surface area contributed by atoms with E-state index in [1.165, 1.54) is 17.8 Å². The first-order valence-electron chi connectivity index (χ1n) is 8.82. The molecule has 3 aromatic rings. The van der Waals surface area contributed by atoms with Crippen LogP contribution in [0, 0.1) is 12.7 Å². The van der Waals surface area contributed by atoms with Gasteiger partial charge in [0, 0.05) is 22.9 Å². The minimum Gasteiger partial charge on any atom is -0.481 e. The van der Waals surface area contributed by atoms with Gasteiger partial charge in [-0.2, -0.15) is 0 Å². The Hall–Kier alpha value is -1.76. The Bertz CT molecular complexity index is 960. The molecule has 1 heterocycles. The van der Waals surface area contributed by atoms with Crippen LogP contribution < -0.4 is 4.74 Å². The van der Waals surface area contributed by atoms with Crippen molar-refractivity contribution in [2.24, 2.45) is 0 Å². The van der Waals surface area contributed by atoms with Crippen LogP contribution in [0.25, 0.3) is 0 Å². The molecule has 0 bridgehead atoms. The summed E-state index contributed by atoms with van der Waals surface area (Å²) in [5, 5.41) is 10.2. The monoisotopic (exact) mass is 439 g/mol. The third kappa shape index (κ3) is 4.62. The number of benzene rings is 2. The SMILES string of the molecule is CCn1c(SCc2c(F)cccc2Cl)nnc1C(C)Oc1cc(C)ccc1Cl. The van der Waals surface area contributed by atoms with E-state index >= 15 is 0 Å². The van der Waals surface area contributed by atoms with E-state index in [1.807, 2.05) is 43.5 Å². The topological polar surface area (TPSA) is 39.9 Å². The van der Waals surface area contributed by atoms with Crippen molar-refractivity contribution >= 4 is 35.0 Å². The number of ether oxygens (including phenoxy) is 1. The molecule has 0 spiro atoms. The molecule has 1 atom stereocenters. The summed E-state index contributed by atoms with van der Waals surface area (Å²) in [7, 11) is 0. The molecule has 0 amide bonds. The molecule has 0 aliphatic rings. The van der Waals surface area contributed by atoms with Gasteiger partial charge in [-0.3, -0.25) is 0 Å². The number of hydrogen-bond donors (Lipinski definition) is 0. The average molecular weight is 440 g/mol. The average Bonchev–Trinajstić information content (AvgIpc) is 3.07. The molecule has 0 aliphatic heterocycles. The third-order valence-electron chi connectivity index (χ3n) is 4.22. The fraction of sp³-hybridized carbons (Fsp3) is 0.300. The molecule has 1 unspecified atom stereocenters. The molecule has 0 aliphatic carbocycles.